The lowest BCUT2D eigenvalue weighted by molar-refractivity contribution is -0.120. The Bertz CT molecular complexity index is 1060. The monoisotopic (exact) mass is 403 g/mol. The van der Waals surface area contributed by atoms with E-state index in [4.69, 9.17) is 0 Å². The van der Waals surface area contributed by atoms with Crippen LogP contribution in [-0.4, -0.2) is 37.8 Å². The van der Waals surface area contributed by atoms with Gasteiger partial charge in [0.05, 0.1) is 30.4 Å². The van der Waals surface area contributed by atoms with Gasteiger partial charge >= 0.3 is 0 Å². The molecule has 1 aromatic carbocycles. The number of rotatable bonds is 5. The van der Waals surface area contributed by atoms with Gasteiger partial charge in [0.1, 0.15) is 5.82 Å². The normalized spacial score (nSPS) is 15.5. The van der Waals surface area contributed by atoms with Gasteiger partial charge in [0.2, 0.25) is 5.91 Å². The van der Waals surface area contributed by atoms with Gasteiger partial charge in [0.15, 0.2) is 0 Å². The SMILES string of the molecule is Cc1cccc(C(=O)N2CCn3cc(CC(=O)NCc4ccccn4)nc3[C@@H]2C)c1. The first-order chi connectivity index (χ1) is 14.5. The molecule has 2 aromatic heterocycles. The van der Waals surface area contributed by atoms with Crippen molar-refractivity contribution in [2.45, 2.75) is 39.4 Å². The molecule has 1 atom stereocenters. The highest BCUT2D eigenvalue weighted by Crippen LogP contribution is 2.26. The molecule has 0 radical (unpaired) electrons. The number of benzene rings is 1. The maximum absolute atomic E-state index is 13.0. The van der Waals surface area contributed by atoms with E-state index in [9.17, 15) is 9.59 Å². The van der Waals surface area contributed by atoms with Gasteiger partial charge in [-0.3, -0.25) is 14.6 Å². The minimum atomic E-state index is -0.155. The lowest BCUT2D eigenvalue weighted by Gasteiger charge is -2.33. The summed E-state index contributed by atoms with van der Waals surface area (Å²) in [5.41, 5.74) is 3.27. The summed E-state index contributed by atoms with van der Waals surface area (Å²) in [6, 6.07) is 13.1. The summed E-state index contributed by atoms with van der Waals surface area (Å²) < 4.78 is 2.05. The molecule has 2 amide bonds. The van der Waals surface area contributed by atoms with Crippen LogP contribution < -0.4 is 5.32 Å². The van der Waals surface area contributed by atoms with Gasteiger partial charge in [0, 0.05) is 31.0 Å². The van der Waals surface area contributed by atoms with Gasteiger partial charge in [0.25, 0.3) is 5.91 Å². The Morgan fingerprint density at radius 2 is 2.00 bits per heavy atom. The third-order valence-corrected chi connectivity index (χ3v) is 5.34. The van der Waals surface area contributed by atoms with Crippen LogP contribution in [0.2, 0.25) is 0 Å². The molecule has 1 aliphatic heterocycles. The van der Waals surface area contributed by atoms with Gasteiger partial charge in [-0.05, 0) is 38.1 Å². The predicted molar refractivity (Wildman–Crippen MR) is 113 cm³/mol. The third-order valence-electron chi connectivity index (χ3n) is 5.34. The summed E-state index contributed by atoms with van der Waals surface area (Å²) in [6.07, 6.45) is 3.82. The van der Waals surface area contributed by atoms with Crippen LogP contribution in [0.15, 0.2) is 54.9 Å². The summed E-state index contributed by atoms with van der Waals surface area (Å²) in [5, 5.41) is 2.88. The number of aryl methyl sites for hydroxylation is 1. The zero-order valence-electron chi connectivity index (χ0n) is 17.2. The molecule has 3 heterocycles. The zero-order chi connectivity index (χ0) is 21.1. The van der Waals surface area contributed by atoms with E-state index in [1.165, 1.54) is 0 Å². The van der Waals surface area contributed by atoms with E-state index >= 15 is 0 Å². The molecule has 0 bridgehead atoms. The van der Waals surface area contributed by atoms with Gasteiger partial charge in [-0.15, -0.1) is 0 Å². The third kappa shape index (κ3) is 4.25. The zero-order valence-corrected chi connectivity index (χ0v) is 17.2. The Morgan fingerprint density at radius 1 is 1.13 bits per heavy atom. The molecule has 0 saturated heterocycles. The first-order valence-corrected chi connectivity index (χ1v) is 10.1. The lowest BCUT2D eigenvalue weighted by Crippen LogP contribution is -2.41. The van der Waals surface area contributed by atoms with E-state index in [0.29, 0.717) is 30.9 Å². The largest absolute Gasteiger partial charge is 0.350 e. The van der Waals surface area contributed by atoms with Crippen molar-refractivity contribution >= 4 is 11.8 Å². The second-order valence-corrected chi connectivity index (χ2v) is 7.60. The number of carbonyl (C=O) groups excluding carboxylic acids is 2. The number of amides is 2. The van der Waals surface area contributed by atoms with Crippen molar-refractivity contribution < 1.29 is 9.59 Å². The van der Waals surface area contributed by atoms with E-state index in [0.717, 1.165) is 17.1 Å². The minimum Gasteiger partial charge on any atom is -0.350 e. The van der Waals surface area contributed by atoms with Crippen LogP contribution in [-0.2, 0) is 24.3 Å². The van der Waals surface area contributed by atoms with Crippen LogP contribution in [0.1, 0.15) is 46.1 Å². The molecular formula is C23H25N5O2. The molecule has 3 aromatic rings. The summed E-state index contributed by atoms with van der Waals surface area (Å²) in [6.45, 7) is 5.63. The van der Waals surface area contributed by atoms with Crippen LogP contribution in [0, 0.1) is 6.92 Å². The van der Waals surface area contributed by atoms with Crippen LogP contribution in [0.25, 0.3) is 0 Å². The lowest BCUT2D eigenvalue weighted by atomic mass is 10.1. The van der Waals surface area contributed by atoms with Crippen molar-refractivity contribution in [1.29, 1.82) is 0 Å². The molecule has 0 unspecified atom stereocenters. The molecule has 1 aliphatic rings. The molecule has 0 spiro atoms. The fraction of sp³-hybridized carbons (Fsp3) is 0.304. The quantitative estimate of drug-likeness (QED) is 0.710. The van der Waals surface area contributed by atoms with E-state index < -0.39 is 0 Å². The number of aromatic nitrogens is 3. The molecule has 7 nitrogen and oxygen atoms in total. The number of imidazole rings is 1. The fourth-order valence-corrected chi connectivity index (χ4v) is 3.77. The number of carbonyl (C=O) groups is 2. The van der Waals surface area contributed by atoms with E-state index in [1.807, 2.05) is 72.0 Å². The Balaban J connectivity index is 1.42. The molecule has 1 N–H and O–H groups in total. The van der Waals surface area contributed by atoms with Gasteiger partial charge in [-0.2, -0.15) is 0 Å². The highest BCUT2D eigenvalue weighted by Gasteiger charge is 2.30. The average Bonchev–Trinajstić information content (AvgIpc) is 3.16. The number of fused-ring (bicyclic) bond motifs is 1. The van der Waals surface area contributed by atoms with E-state index in [-0.39, 0.29) is 24.3 Å². The second kappa shape index (κ2) is 8.49. The molecule has 7 heteroatoms. The Hall–Kier alpha value is -3.48. The number of nitrogens with one attached hydrogen (secondary N) is 1. The highest BCUT2D eigenvalue weighted by molar-refractivity contribution is 5.94. The topological polar surface area (TPSA) is 80.1 Å². The van der Waals surface area contributed by atoms with Crippen molar-refractivity contribution in [3.05, 3.63) is 83.2 Å². The average molecular weight is 403 g/mol. The van der Waals surface area contributed by atoms with Crippen molar-refractivity contribution in [1.82, 2.24) is 24.8 Å². The highest BCUT2D eigenvalue weighted by atomic mass is 16.2. The smallest absolute Gasteiger partial charge is 0.254 e. The number of pyridine rings is 1. The first kappa shape index (κ1) is 19.8. The van der Waals surface area contributed by atoms with Crippen molar-refractivity contribution in [3.63, 3.8) is 0 Å². The summed E-state index contributed by atoms with van der Waals surface area (Å²) in [7, 11) is 0. The molecule has 0 fully saturated rings. The fourth-order valence-electron chi connectivity index (χ4n) is 3.77. The Labute approximate surface area is 175 Å². The van der Waals surface area contributed by atoms with Crippen molar-refractivity contribution in [3.8, 4) is 0 Å². The molecule has 154 valence electrons. The standard InChI is InChI=1S/C23H25N5O2/c1-16-6-5-7-18(12-16)23(30)28-11-10-27-15-20(26-22(27)17(28)2)13-21(29)25-14-19-8-3-4-9-24-19/h3-9,12,15,17H,10-11,13-14H2,1-2H3,(H,25,29)/t17-/m0/s1. The van der Waals surface area contributed by atoms with Crippen LogP contribution in [0.5, 0.6) is 0 Å². The first-order valence-electron chi connectivity index (χ1n) is 10.1. The van der Waals surface area contributed by atoms with Crippen LogP contribution in [0.4, 0.5) is 0 Å². The van der Waals surface area contributed by atoms with E-state index in [2.05, 4.69) is 15.3 Å². The number of nitrogens with zero attached hydrogens (tertiary/aromatic N) is 4. The molecule has 30 heavy (non-hydrogen) atoms. The Morgan fingerprint density at radius 3 is 2.77 bits per heavy atom. The maximum Gasteiger partial charge on any atom is 0.254 e. The molecular weight excluding hydrogens is 378 g/mol. The second-order valence-electron chi connectivity index (χ2n) is 7.60. The van der Waals surface area contributed by atoms with Crippen LogP contribution >= 0.6 is 0 Å². The van der Waals surface area contributed by atoms with Crippen molar-refractivity contribution in [2.75, 3.05) is 6.54 Å². The Kier molecular flexibility index (Phi) is 5.61. The minimum absolute atomic E-state index is 0.00936. The van der Waals surface area contributed by atoms with Gasteiger partial charge < -0.3 is 14.8 Å². The summed E-state index contributed by atoms with van der Waals surface area (Å²) in [4.78, 5) is 36.0. The summed E-state index contributed by atoms with van der Waals surface area (Å²) >= 11 is 0. The summed E-state index contributed by atoms with van der Waals surface area (Å²) in [5.74, 6) is 0.723. The molecule has 0 aliphatic carbocycles. The predicted octanol–water partition coefficient (Wildman–Crippen LogP) is 2.66. The van der Waals surface area contributed by atoms with E-state index in [1.54, 1.807) is 6.20 Å². The molecule has 4 rings (SSSR count). The molecule has 0 saturated carbocycles. The van der Waals surface area contributed by atoms with Crippen LogP contribution in [0.3, 0.4) is 0 Å². The number of hydrogen-bond donors (Lipinski definition) is 1. The number of hydrogen-bond acceptors (Lipinski definition) is 4. The maximum atomic E-state index is 13.0. The van der Waals surface area contributed by atoms with Crippen molar-refractivity contribution in [2.24, 2.45) is 0 Å². The van der Waals surface area contributed by atoms with Gasteiger partial charge in [-0.25, -0.2) is 4.98 Å². The van der Waals surface area contributed by atoms with Gasteiger partial charge in [-0.1, -0.05) is 23.8 Å².